The van der Waals surface area contributed by atoms with Gasteiger partial charge in [-0.1, -0.05) is 45.7 Å². The number of sulfonamides is 1. The standard InChI is InChI=1S/C19H20BrClN2O3S/c20-16-7-9-17(10-8-16)27(25,26)23-11-3-5-15(13-23)19(24)22-12-14-4-1-2-6-18(14)21/h1-2,4,6-10,15H,3,5,11-13H2,(H,22,24)/t15-/m0/s1. The van der Waals surface area contributed by atoms with Gasteiger partial charge < -0.3 is 5.32 Å². The van der Waals surface area contributed by atoms with Crippen molar-refractivity contribution in [3.8, 4) is 0 Å². The Labute approximate surface area is 172 Å². The summed E-state index contributed by atoms with van der Waals surface area (Å²) in [5.41, 5.74) is 0.836. The molecule has 1 atom stereocenters. The Morgan fingerprint density at radius 3 is 2.59 bits per heavy atom. The van der Waals surface area contributed by atoms with Gasteiger partial charge in [-0.25, -0.2) is 8.42 Å². The van der Waals surface area contributed by atoms with E-state index in [1.807, 2.05) is 18.2 Å². The molecule has 0 saturated carbocycles. The summed E-state index contributed by atoms with van der Waals surface area (Å²) in [5, 5.41) is 3.48. The molecule has 1 heterocycles. The zero-order valence-electron chi connectivity index (χ0n) is 14.6. The van der Waals surface area contributed by atoms with Crippen molar-refractivity contribution < 1.29 is 13.2 Å². The Kier molecular flexibility index (Phi) is 6.57. The summed E-state index contributed by atoms with van der Waals surface area (Å²) >= 11 is 9.42. The number of carbonyl (C=O) groups is 1. The second kappa shape index (κ2) is 8.73. The Bertz CT molecular complexity index is 919. The Morgan fingerprint density at radius 2 is 1.89 bits per heavy atom. The number of rotatable bonds is 5. The molecule has 1 saturated heterocycles. The van der Waals surface area contributed by atoms with Gasteiger partial charge in [0, 0.05) is 29.1 Å². The molecule has 5 nitrogen and oxygen atoms in total. The molecule has 0 aliphatic carbocycles. The highest BCUT2D eigenvalue weighted by Gasteiger charge is 2.33. The molecule has 8 heteroatoms. The van der Waals surface area contributed by atoms with Gasteiger partial charge in [-0.2, -0.15) is 4.31 Å². The van der Waals surface area contributed by atoms with Crippen LogP contribution in [0.5, 0.6) is 0 Å². The van der Waals surface area contributed by atoms with Crippen molar-refractivity contribution in [3.63, 3.8) is 0 Å². The van der Waals surface area contributed by atoms with E-state index >= 15 is 0 Å². The number of hydrogen-bond donors (Lipinski definition) is 1. The second-order valence-electron chi connectivity index (χ2n) is 6.47. The van der Waals surface area contributed by atoms with Gasteiger partial charge in [-0.3, -0.25) is 4.79 Å². The molecule has 27 heavy (non-hydrogen) atoms. The van der Waals surface area contributed by atoms with E-state index in [1.165, 1.54) is 4.31 Å². The molecule has 1 aliphatic rings. The van der Waals surface area contributed by atoms with Crippen molar-refractivity contribution in [2.24, 2.45) is 5.92 Å². The van der Waals surface area contributed by atoms with Crippen LogP contribution in [0, 0.1) is 5.92 Å². The zero-order chi connectivity index (χ0) is 19.4. The summed E-state index contributed by atoms with van der Waals surface area (Å²) in [6.45, 7) is 0.938. The van der Waals surface area contributed by atoms with Gasteiger partial charge in [0.05, 0.1) is 10.8 Å². The lowest BCUT2D eigenvalue weighted by Gasteiger charge is -2.31. The summed E-state index contributed by atoms with van der Waals surface area (Å²) in [6, 6.07) is 13.9. The average molecular weight is 472 g/mol. The number of nitrogens with zero attached hydrogens (tertiary/aromatic N) is 1. The van der Waals surface area contributed by atoms with E-state index in [-0.39, 0.29) is 23.3 Å². The van der Waals surface area contributed by atoms with E-state index in [2.05, 4.69) is 21.2 Å². The third-order valence-electron chi connectivity index (χ3n) is 4.62. The maximum atomic E-state index is 12.9. The van der Waals surface area contributed by atoms with Crippen molar-refractivity contribution in [2.75, 3.05) is 13.1 Å². The van der Waals surface area contributed by atoms with Crippen molar-refractivity contribution in [1.82, 2.24) is 9.62 Å². The van der Waals surface area contributed by atoms with Gasteiger partial charge in [0.15, 0.2) is 0 Å². The lowest BCUT2D eigenvalue weighted by atomic mass is 9.99. The van der Waals surface area contributed by atoms with Crippen LogP contribution in [-0.4, -0.2) is 31.7 Å². The van der Waals surface area contributed by atoms with Crippen LogP contribution < -0.4 is 5.32 Å². The first-order chi connectivity index (χ1) is 12.9. The number of amides is 1. The van der Waals surface area contributed by atoms with Gasteiger partial charge in [-0.05, 0) is 48.7 Å². The summed E-state index contributed by atoms with van der Waals surface area (Å²) in [5.74, 6) is -0.517. The van der Waals surface area contributed by atoms with Crippen LogP contribution in [0.1, 0.15) is 18.4 Å². The van der Waals surface area contributed by atoms with Gasteiger partial charge in [-0.15, -0.1) is 0 Å². The molecule has 1 aliphatic heterocycles. The normalized spacial score (nSPS) is 18.2. The van der Waals surface area contributed by atoms with Gasteiger partial charge in [0.1, 0.15) is 0 Å². The largest absolute Gasteiger partial charge is 0.352 e. The second-order valence-corrected chi connectivity index (χ2v) is 9.73. The number of nitrogens with one attached hydrogen (secondary N) is 1. The molecule has 1 N–H and O–H groups in total. The summed E-state index contributed by atoms with van der Waals surface area (Å²) in [4.78, 5) is 12.8. The Balaban J connectivity index is 1.65. The minimum Gasteiger partial charge on any atom is -0.352 e. The molecule has 1 amide bonds. The van der Waals surface area contributed by atoms with E-state index in [4.69, 9.17) is 11.6 Å². The molecule has 0 bridgehead atoms. The topological polar surface area (TPSA) is 66.5 Å². The van der Waals surface area contributed by atoms with Crippen LogP contribution in [0.4, 0.5) is 0 Å². The van der Waals surface area contributed by atoms with E-state index < -0.39 is 10.0 Å². The highest BCUT2D eigenvalue weighted by Crippen LogP contribution is 2.25. The fraction of sp³-hybridized carbons (Fsp3) is 0.316. The smallest absolute Gasteiger partial charge is 0.243 e. The lowest BCUT2D eigenvalue weighted by molar-refractivity contribution is -0.126. The lowest BCUT2D eigenvalue weighted by Crippen LogP contribution is -2.45. The molecule has 3 rings (SSSR count). The summed E-state index contributed by atoms with van der Waals surface area (Å²) in [7, 11) is -3.61. The molecule has 0 radical (unpaired) electrons. The molecule has 1 fully saturated rings. The molecule has 144 valence electrons. The first-order valence-corrected chi connectivity index (χ1v) is 11.3. The fourth-order valence-corrected chi connectivity index (χ4v) is 5.09. The van der Waals surface area contributed by atoms with Crippen molar-refractivity contribution in [2.45, 2.75) is 24.3 Å². The van der Waals surface area contributed by atoms with E-state index in [0.717, 1.165) is 10.0 Å². The van der Waals surface area contributed by atoms with Crippen molar-refractivity contribution in [3.05, 3.63) is 63.6 Å². The maximum absolute atomic E-state index is 12.9. The molecular weight excluding hydrogens is 452 g/mol. The predicted octanol–water partition coefficient (Wildman–Crippen LogP) is 3.82. The Morgan fingerprint density at radius 1 is 1.19 bits per heavy atom. The monoisotopic (exact) mass is 470 g/mol. The van der Waals surface area contributed by atoms with E-state index in [0.29, 0.717) is 31.0 Å². The number of piperidine rings is 1. The molecule has 0 spiro atoms. The number of benzene rings is 2. The zero-order valence-corrected chi connectivity index (χ0v) is 17.7. The predicted molar refractivity (Wildman–Crippen MR) is 109 cm³/mol. The first-order valence-electron chi connectivity index (χ1n) is 8.65. The third-order valence-corrected chi connectivity index (χ3v) is 7.39. The minimum absolute atomic E-state index is 0.148. The van der Waals surface area contributed by atoms with Crippen LogP contribution in [-0.2, 0) is 21.4 Å². The van der Waals surface area contributed by atoms with Gasteiger partial charge in [0.25, 0.3) is 0 Å². The van der Waals surface area contributed by atoms with Gasteiger partial charge >= 0.3 is 0 Å². The maximum Gasteiger partial charge on any atom is 0.243 e. The highest BCUT2D eigenvalue weighted by atomic mass is 79.9. The molecule has 0 aromatic heterocycles. The summed E-state index contributed by atoms with van der Waals surface area (Å²) in [6.07, 6.45) is 1.32. The van der Waals surface area contributed by atoms with Crippen LogP contribution >= 0.6 is 27.5 Å². The molecule has 0 unspecified atom stereocenters. The summed E-state index contributed by atoms with van der Waals surface area (Å²) < 4.78 is 27.9. The van der Waals surface area contributed by atoms with Crippen molar-refractivity contribution in [1.29, 1.82) is 0 Å². The third kappa shape index (κ3) is 4.90. The number of carbonyl (C=O) groups excluding carboxylic acids is 1. The highest BCUT2D eigenvalue weighted by molar-refractivity contribution is 9.10. The van der Waals surface area contributed by atoms with Crippen molar-refractivity contribution >= 4 is 43.5 Å². The quantitative estimate of drug-likeness (QED) is 0.721. The van der Waals surface area contributed by atoms with Crippen LogP contribution in [0.3, 0.4) is 0 Å². The minimum atomic E-state index is -3.61. The molecule has 2 aromatic carbocycles. The van der Waals surface area contributed by atoms with Gasteiger partial charge in [0.2, 0.25) is 15.9 Å². The fourth-order valence-electron chi connectivity index (χ4n) is 3.10. The first kappa shape index (κ1) is 20.3. The van der Waals surface area contributed by atoms with E-state index in [9.17, 15) is 13.2 Å². The molecular formula is C19H20BrClN2O3S. The SMILES string of the molecule is O=C(NCc1ccccc1Cl)[C@H]1CCCN(S(=O)(=O)c2ccc(Br)cc2)C1. The van der Waals surface area contributed by atoms with Crippen LogP contribution in [0.25, 0.3) is 0 Å². The van der Waals surface area contributed by atoms with E-state index in [1.54, 1.807) is 30.3 Å². The van der Waals surface area contributed by atoms with Crippen LogP contribution in [0.15, 0.2) is 57.9 Å². The molecule has 2 aromatic rings. The number of hydrogen-bond acceptors (Lipinski definition) is 3. The number of halogens is 2. The average Bonchev–Trinajstić information content (AvgIpc) is 2.67. The van der Waals surface area contributed by atoms with Crippen LogP contribution in [0.2, 0.25) is 5.02 Å². The Hall–Kier alpha value is -1.41.